The summed E-state index contributed by atoms with van der Waals surface area (Å²) in [6.45, 7) is 0.404. The molecule has 13 heteroatoms. The Kier molecular flexibility index (Phi) is 6.43. The lowest BCUT2D eigenvalue weighted by Gasteiger charge is -2.24. The van der Waals surface area contributed by atoms with Crippen molar-refractivity contribution in [3.63, 3.8) is 0 Å². The molecule has 0 saturated carbocycles. The molecule has 5 aromatic rings. The Morgan fingerprint density at radius 3 is 2.26 bits per heavy atom. The lowest BCUT2D eigenvalue weighted by atomic mass is 9.91. The van der Waals surface area contributed by atoms with Gasteiger partial charge in [-0.05, 0) is 36.2 Å². The number of fused-ring (bicyclic) bond motifs is 7. The van der Waals surface area contributed by atoms with Crippen LogP contribution < -0.4 is 28.8 Å². The molecular formula is C29H25NO11S. The van der Waals surface area contributed by atoms with E-state index in [1.165, 1.54) is 26.4 Å². The summed E-state index contributed by atoms with van der Waals surface area (Å²) < 4.78 is 66.4. The quantitative estimate of drug-likeness (QED) is 0.201. The van der Waals surface area contributed by atoms with Crippen LogP contribution in [0, 0.1) is 0 Å². The molecule has 0 fully saturated rings. The molecule has 0 unspecified atom stereocenters. The summed E-state index contributed by atoms with van der Waals surface area (Å²) in [7, 11) is 0.949. The highest BCUT2D eigenvalue weighted by atomic mass is 32.3. The van der Waals surface area contributed by atoms with Gasteiger partial charge in [0.2, 0.25) is 0 Å². The Hall–Kier alpha value is -4.88. The van der Waals surface area contributed by atoms with E-state index in [4.69, 9.17) is 23.4 Å². The van der Waals surface area contributed by atoms with Crippen molar-refractivity contribution in [1.29, 1.82) is 0 Å². The first-order chi connectivity index (χ1) is 20.1. The highest BCUT2D eigenvalue weighted by molar-refractivity contribution is 7.81. The third-order valence-corrected chi connectivity index (χ3v) is 7.73. The zero-order valence-corrected chi connectivity index (χ0v) is 23.7. The molecule has 0 spiro atoms. The van der Waals surface area contributed by atoms with Crippen molar-refractivity contribution in [2.45, 2.75) is 13.0 Å². The summed E-state index contributed by atoms with van der Waals surface area (Å²) in [6, 6.07) is 11.2. The lowest BCUT2D eigenvalue weighted by molar-refractivity contribution is 0.360. The van der Waals surface area contributed by atoms with Crippen LogP contribution in [0.2, 0.25) is 0 Å². The summed E-state index contributed by atoms with van der Waals surface area (Å²) in [5, 5.41) is 11.6. The second kappa shape index (κ2) is 9.89. The number of aryl methyl sites for hydroxylation is 1. The molecule has 1 aliphatic heterocycles. The molecule has 0 radical (unpaired) electrons. The third-order valence-electron chi connectivity index (χ3n) is 7.34. The Labute approximate surface area is 239 Å². The van der Waals surface area contributed by atoms with Gasteiger partial charge in [-0.15, -0.1) is 0 Å². The van der Waals surface area contributed by atoms with Gasteiger partial charge in [-0.2, -0.15) is 8.42 Å². The van der Waals surface area contributed by atoms with Crippen LogP contribution in [0.4, 0.5) is 0 Å². The summed E-state index contributed by atoms with van der Waals surface area (Å²) in [4.78, 5) is 13.6. The Morgan fingerprint density at radius 2 is 1.62 bits per heavy atom. The van der Waals surface area contributed by atoms with Crippen LogP contribution in [0.5, 0.6) is 34.5 Å². The minimum Gasteiger partial charge on any atom is -0.504 e. The predicted molar refractivity (Wildman–Crippen MR) is 153 cm³/mol. The van der Waals surface area contributed by atoms with Gasteiger partial charge in [0.1, 0.15) is 22.6 Å². The number of hydrogen-bond donors (Lipinski definition) is 2. The van der Waals surface area contributed by atoms with Gasteiger partial charge in [0, 0.05) is 46.1 Å². The van der Waals surface area contributed by atoms with Crippen molar-refractivity contribution in [3.8, 4) is 56.9 Å². The molecular weight excluding hydrogens is 570 g/mol. The largest absolute Gasteiger partial charge is 0.504 e. The van der Waals surface area contributed by atoms with E-state index in [2.05, 4.69) is 4.18 Å². The molecule has 0 aliphatic carbocycles. The van der Waals surface area contributed by atoms with Gasteiger partial charge in [-0.25, -0.2) is 4.79 Å². The second-order valence-corrected chi connectivity index (χ2v) is 10.5. The number of aromatic nitrogens is 1. The van der Waals surface area contributed by atoms with E-state index in [0.29, 0.717) is 52.1 Å². The molecule has 0 atom stereocenters. The van der Waals surface area contributed by atoms with E-state index in [1.54, 1.807) is 32.4 Å². The van der Waals surface area contributed by atoms with E-state index in [9.17, 15) is 22.9 Å². The number of ether oxygens (including phenoxy) is 4. The molecule has 0 amide bonds. The van der Waals surface area contributed by atoms with Crippen LogP contribution in [0.1, 0.15) is 5.56 Å². The number of methoxy groups -OCH3 is 4. The van der Waals surface area contributed by atoms with Crippen molar-refractivity contribution in [2.24, 2.45) is 0 Å². The smallest absolute Gasteiger partial charge is 0.446 e. The number of hydrogen-bond acceptors (Lipinski definition) is 10. The van der Waals surface area contributed by atoms with Crippen LogP contribution in [-0.2, 0) is 23.4 Å². The van der Waals surface area contributed by atoms with E-state index in [1.807, 2.05) is 10.6 Å². The van der Waals surface area contributed by atoms with Crippen LogP contribution in [-0.4, -0.2) is 51.1 Å². The minimum atomic E-state index is -4.91. The van der Waals surface area contributed by atoms with Crippen molar-refractivity contribution < 1.29 is 45.6 Å². The van der Waals surface area contributed by atoms with Crippen molar-refractivity contribution in [3.05, 3.63) is 58.4 Å². The first-order valence-corrected chi connectivity index (χ1v) is 14.0. The highest BCUT2D eigenvalue weighted by Gasteiger charge is 2.32. The number of phenols is 1. The van der Waals surface area contributed by atoms with Crippen LogP contribution in [0.3, 0.4) is 0 Å². The monoisotopic (exact) mass is 595 g/mol. The molecule has 2 aromatic heterocycles. The summed E-state index contributed by atoms with van der Waals surface area (Å²) in [5.74, 6) is 0.899. The molecule has 3 heterocycles. The van der Waals surface area contributed by atoms with Crippen LogP contribution in [0.15, 0.2) is 51.7 Å². The first kappa shape index (κ1) is 27.3. The zero-order valence-electron chi connectivity index (χ0n) is 22.9. The number of benzene rings is 3. The second-order valence-electron chi connectivity index (χ2n) is 9.49. The van der Waals surface area contributed by atoms with Crippen molar-refractivity contribution in [1.82, 2.24) is 4.57 Å². The van der Waals surface area contributed by atoms with Crippen molar-refractivity contribution in [2.75, 3.05) is 28.4 Å². The fourth-order valence-corrected chi connectivity index (χ4v) is 6.00. The molecule has 42 heavy (non-hydrogen) atoms. The topological polar surface area (TPSA) is 156 Å². The molecule has 0 bridgehead atoms. The van der Waals surface area contributed by atoms with Gasteiger partial charge >= 0.3 is 16.0 Å². The number of aromatic hydroxyl groups is 1. The zero-order chi connectivity index (χ0) is 29.9. The Bertz CT molecular complexity index is 2080. The maximum absolute atomic E-state index is 13.6. The minimum absolute atomic E-state index is 0.0164. The average Bonchev–Trinajstić information content (AvgIpc) is 3.32. The molecule has 3 aromatic carbocycles. The normalized spacial score (nSPS) is 12.6. The lowest BCUT2D eigenvalue weighted by Crippen LogP contribution is -2.15. The standard InChI is InChI=1S/C29H25NO11S/c1-36-15-10-17-16(21(11-15)38-3)7-8-30-27(17)25(14-5-6-20(37-2)19(31)9-14)26-18-12-23(39-4)24(41-42(33,34)35)13-22(18)40-29(32)28(26)30/h5-6,9-13,31H,7-8H2,1-4H3,(H,33,34,35). The number of phenolic OH excluding ortho intramolecular Hbond substituents is 1. The fourth-order valence-electron chi connectivity index (χ4n) is 5.64. The SMILES string of the molecule is COc1cc(OC)c2c(c1)-c1c(-c3ccc(OC)c(O)c3)c3c4cc(OC)c(OS(=O)(=O)O)cc4oc(=O)c3n1CC2. The van der Waals surface area contributed by atoms with Crippen LogP contribution in [0.25, 0.3) is 44.3 Å². The molecule has 218 valence electrons. The molecule has 0 saturated heterocycles. The van der Waals surface area contributed by atoms with E-state index < -0.39 is 16.0 Å². The molecule has 12 nitrogen and oxygen atoms in total. The summed E-state index contributed by atoms with van der Waals surface area (Å²) >= 11 is 0. The Morgan fingerprint density at radius 1 is 0.881 bits per heavy atom. The number of rotatable bonds is 7. The van der Waals surface area contributed by atoms with Crippen molar-refractivity contribution >= 4 is 32.3 Å². The molecule has 6 rings (SSSR count). The number of nitrogens with zero attached hydrogens (tertiary/aromatic N) is 1. The first-order valence-electron chi connectivity index (χ1n) is 12.6. The highest BCUT2D eigenvalue weighted by Crippen LogP contribution is 2.50. The molecule has 1 aliphatic rings. The fraction of sp³-hybridized carbons (Fsp3) is 0.207. The maximum atomic E-state index is 13.6. The maximum Gasteiger partial charge on any atom is 0.446 e. The van der Waals surface area contributed by atoms with E-state index in [-0.39, 0.29) is 34.1 Å². The van der Waals surface area contributed by atoms with Gasteiger partial charge in [0.15, 0.2) is 23.0 Å². The van der Waals surface area contributed by atoms with Gasteiger partial charge in [-0.1, -0.05) is 6.07 Å². The van der Waals surface area contributed by atoms with E-state index >= 15 is 0 Å². The predicted octanol–water partition coefficient (Wildman–Crippen LogP) is 4.56. The summed E-state index contributed by atoms with van der Waals surface area (Å²) in [5.41, 5.74) is 3.01. The van der Waals surface area contributed by atoms with Crippen LogP contribution >= 0.6 is 0 Å². The van der Waals surface area contributed by atoms with Gasteiger partial charge < -0.3 is 37.2 Å². The average molecular weight is 596 g/mol. The van der Waals surface area contributed by atoms with Gasteiger partial charge in [-0.3, -0.25) is 4.55 Å². The third kappa shape index (κ3) is 4.25. The van der Waals surface area contributed by atoms with E-state index in [0.717, 1.165) is 17.2 Å². The van der Waals surface area contributed by atoms with Gasteiger partial charge in [0.05, 0.1) is 34.1 Å². The summed E-state index contributed by atoms with van der Waals surface area (Å²) in [6.07, 6.45) is 0.536. The van der Waals surface area contributed by atoms with Gasteiger partial charge in [0.25, 0.3) is 0 Å². The Balaban J connectivity index is 1.81. The molecule has 2 N–H and O–H groups in total.